The number of carbonyl (C=O) groups excluding carboxylic acids is 1. The smallest absolute Gasteiger partial charge is 0.234 e. The van der Waals surface area contributed by atoms with Crippen molar-refractivity contribution >= 4 is 5.91 Å². The number of nitriles is 1. The normalized spacial score (nSPS) is 21.9. The molecule has 1 fully saturated rings. The molecule has 1 aromatic carbocycles. The Morgan fingerprint density at radius 1 is 1.32 bits per heavy atom. The number of rotatable bonds is 3. The molecule has 0 aliphatic heterocycles. The van der Waals surface area contributed by atoms with Crippen LogP contribution in [0.2, 0.25) is 0 Å². The van der Waals surface area contributed by atoms with Gasteiger partial charge >= 0.3 is 0 Å². The maximum Gasteiger partial charge on any atom is 0.234 e. The van der Waals surface area contributed by atoms with E-state index in [1.54, 1.807) is 0 Å². The van der Waals surface area contributed by atoms with Crippen LogP contribution >= 0.6 is 0 Å². The largest absolute Gasteiger partial charge is 0.352 e. The van der Waals surface area contributed by atoms with E-state index in [0.29, 0.717) is 5.92 Å². The molecule has 0 heterocycles. The minimum atomic E-state index is -0.149. The van der Waals surface area contributed by atoms with Crippen molar-refractivity contribution in [3.05, 3.63) is 34.9 Å². The molecular weight excluding hydrogens is 236 g/mol. The first-order valence-electron chi connectivity index (χ1n) is 6.84. The van der Waals surface area contributed by atoms with Crippen LogP contribution in [0, 0.1) is 25.2 Å². The second-order valence-corrected chi connectivity index (χ2v) is 5.47. The molecule has 100 valence electrons. The average molecular weight is 256 g/mol. The molecule has 0 bridgehead atoms. The zero-order valence-corrected chi connectivity index (χ0v) is 11.6. The van der Waals surface area contributed by atoms with E-state index in [0.717, 1.165) is 19.3 Å². The van der Waals surface area contributed by atoms with Gasteiger partial charge in [-0.2, -0.15) is 5.26 Å². The second kappa shape index (κ2) is 5.88. The molecule has 3 heteroatoms. The van der Waals surface area contributed by atoms with Crippen LogP contribution in [0.3, 0.4) is 0 Å². The number of hydrogen-bond acceptors (Lipinski definition) is 2. The number of aryl methyl sites for hydroxylation is 2. The van der Waals surface area contributed by atoms with E-state index in [1.807, 2.05) is 6.07 Å². The highest BCUT2D eigenvalue weighted by Gasteiger charge is 2.29. The molecular formula is C16H20N2O. The molecule has 0 radical (unpaired) electrons. The van der Waals surface area contributed by atoms with Gasteiger partial charge in [-0.05, 0) is 32.3 Å². The van der Waals surface area contributed by atoms with Gasteiger partial charge in [-0.25, -0.2) is 0 Å². The molecule has 1 N–H and O–H groups in total. The molecule has 0 spiro atoms. The lowest BCUT2D eigenvalue weighted by Gasteiger charge is -2.22. The molecule has 1 saturated carbocycles. The fraction of sp³-hybridized carbons (Fsp3) is 0.500. The van der Waals surface area contributed by atoms with E-state index in [9.17, 15) is 4.79 Å². The van der Waals surface area contributed by atoms with Gasteiger partial charge in [0.1, 0.15) is 6.42 Å². The zero-order valence-electron chi connectivity index (χ0n) is 11.6. The first-order valence-corrected chi connectivity index (χ1v) is 6.84. The number of carbonyl (C=O) groups is 1. The van der Waals surface area contributed by atoms with Crippen molar-refractivity contribution in [1.29, 1.82) is 5.26 Å². The summed E-state index contributed by atoms with van der Waals surface area (Å²) in [5.41, 5.74) is 3.85. The molecule has 1 amide bonds. The Kier molecular flexibility index (Phi) is 4.21. The summed E-state index contributed by atoms with van der Waals surface area (Å²) >= 11 is 0. The first-order chi connectivity index (χ1) is 9.10. The highest BCUT2D eigenvalue weighted by atomic mass is 16.1. The number of benzene rings is 1. The van der Waals surface area contributed by atoms with Crippen LogP contribution in [-0.2, 0) is 4.79 Å². The van der Waals surface area contributed by atoms with Gasteiger partial charge in [-0.15, -0.1) is 0 Å². The monoisotopic (exact) mass is 256 g/mol. The minimum absolute atomic E-state index is 0.0456. The van der Waals surface area contributed by atoms with Gasteiger partial charge in [-0.1, -0.05) is 35.7 Å². The predicted molar refractivity (Wildman–Crippen MR) is 74.7 cm³/mol. The van der Waals surface area contributed by atoms with Crippen LogP contribution in [0.4, 0.5) is 0 Å². The van der Waals surface area contributed by atoms with Crippen molar-refractivity contribution in [3.8, 4) is 6.07 Å². The Bertz CT molecular complexity index is 496. The Morgan fingerprint density at radius 3 is 2.63 bits per heavy atom. The summed E-state index contributed by atoms with van der Waals surface area (Å²) in [6, 6.07) is 8.68. The molecule has 2 atom stereocenters. The lowest BCUT2D eigenvalue weighted by Crippen LogP contribution is -2.36. The standard InChI is InChI=1S/C16H20N2O/c1-11-8-12(2)10-13(9-11)14-4-3-5-15(14)18-16(19)6-7-17/h8-10,14-15H,3-6H2,1-2H3,(H,18,19)/t14-,15+/m0/s1. The quantitative estimate of drug-likeness (QED) is 0.904. The van der Waals surface area contributed by atoms with Crippen LogP contribution in [0.1, 0.15) is 48.3 Å². The highest BCUT2D eigenvalue weighted by molar-refractivity contribution is 5.78. The molecule has 1 aliphatic carbocycles. The number of nitrogens with zero attached hydrogens (tertiary/aromatic N) is 1. The summed E-state index contributed by atoms with van der Waals surface area (Å²) < 4.78 is 0. The Hall–Kier alpha value is -1.82. The van der Waals surface area contributed by atoms with Gasteiger partial charge in [0.25, 0.3) is 0 Å². The third-order valence-electron chi connectivity index (χ3n) is 3.77. The molecule has 0 saturated heterocycles. The molecule has 1 aromatic rings. The topological polar surface area (TPSA) is 52.9 Å². The number of nitrogens with one attached hydrogen (secondary N) is 1. The zero-order chi connectivity index (χ0) is 13.8. The van der Waals surface area contributed by atoms with Gasteiger partial charge in [0.15, 0.2) is 0 Å². The van der Waals surface area contributed by atoms with E-state index >= 15 is 0 Å². The van der Waals surface area contributed by atoms with E-state index < -0.39 is 0 Å². The fourth-order valence-electron chi connectivity index (χ4n) is 3.09. The Labute approximate surface area is 114 Å². The van der Waals surface area contributed by atoms with Gasteiger partial charge in [0, 0.05) is 12.0 Å². The van der Waals surface area contributed by atoms with Crippen molar-refractivity contribution in [2.24, 2.45) is 0 Å². The van der Waals surface area contributed by atoms with Crippen LogP contribution < -0.4 is 5.32 Å². The summed E-state index contributed by atoms with van der Waals surface area (Å²) in [6.07, 6.45) is 3.21. The lowest BCUT2D eigenvalue weighted by molar-refractivity contribution is -0.120. The molecule has 0 aromatic heterocycles. The van der Waals surface area contributed by atoms with Crippen molar-refractivity contribution in [1.82, 2.24) is 5.32 Å². The minimum Gasteiger partial charge on any atom is -0.352 e. The third-order valence-corrected chi connectivity index (χ3v) is 3.77. The first kappa shape index (κ1) is 13.6. The van der Waals surface area contributed by atoms with Crippen molar-refractivity contribution in [3.63, 3.8) is 0 Å². The molecule has 19 heavy (non-hydrogen) atoms. The van der Waals surface area contributed by atoms with E-state index in [2.05, 4.69) is 37.4 Å². The van der Waals surface area contributed by atoms with Gasteiger partial charge in [0.2, 0.25) is 5.91 Å². The van der Waals surface area contributed by atoms with Gasteiger partial charge in [-0.3, -0.25) is 4.79 Å². The molecule has 3 nitrogen and oxygen atoms in total. The fourth-order valence-corrected chi connectivity index (χ4v) is 3.09. The third kappa shape index (κ3) is 3.35. The molecule has 2 rings (SSSR count). The molecule has 0 unspecified atom stereocenters. The predicted octanol–water partition coefficient (Wildman–Crippen LogP) is 2.97. The molecule has 1 aliphatic rings. The summed E-state index contributed by atoms with van der Waals surface area (Å²) in [5, 5.41) is 11.6. The van der Waals surface area contributed by atoms with Gasteiger partial charge in [0.05, 0.1) is 6.07 Å². The number of hydrogen-bond donors (Lipinski definition) is 1. The average Bonchev–Trinajstić information content (AvgIpc) is 2.76. The summed E-state index contributed by atoms with van der Waals surface area (Å²) in [4.78, 5) is 11.6. The van der Waals surface area contributed by atoms with E-state index in [1.165, 1.54) is 16.7 Å². The van der Waals surface area contributed by atoms with Crippen LogP contribution in [0.25, 0.3) is 0 Å². The maximum absolute atomic E-state index is 11.6. The van der Waals surface area contributed by atoms with Crippen LogP contribution in [0.15, 0.2) is 18.2 Å². The number of amides is 1. The Morgan fingerprint density at radius 2 is 2.00 bits per heavy atom. The second-order valence-electron chi connectivity index (χ2n) is 5.47. The highest BCUT2D eigenvalue weighted by Crippen LogP contribution is 2.35. The summed E-state index contributed by atoms with van der Waals surface area (Å²) in [5.74, 6) is 0.241. The SMILES string of the molecule is Cc1cc(C)cc([C@@H]2CCC[C@H]2NC(=O)CC#N)c1. The van der Waals surface area contributed by atoms with Crippen molar-refractivity contribution < 1.29 is 4.79 Å². The summed E-state index contributed by atoms with van der Waals surface area (Å²) in [7, 11) is 0. The van der Waals surface area contributed by atoms with Gasteiger partial charge < -0.3 is 5.32 Å². The summed E-state index contributed by atoms with van der Waals surface area (Å²) in [6.45, 7) is 4.21. The van der Waals surface area contributed by atoms with Crippen LogP contribution in [0.5, 0.6) is 0 Å². The van der Waals surface area contributed by atoms with Crippen LogP contribution in [-0.4, -0.2) is 11.9 Å². The van der Waals surface area contributed by atoms with Crippen molar-refractivity contribution in [2.75, 3.05) is 0 Å². The van der Waals surface area contributed by atoms with Crippen molar-refractivity contribution in [2.45, 2.75) is 51.5 Å². The maximum atomic E-state index is 11.6. The van der Waals surface area contributed by atoms with E-state index in [4.69, 9.17) is 5.26 Å². The van der Waals surface area contributed by atoms with E-state index in [-0.39, 0.29) is 18.4 Å². The lowest BCUT2D eigenvalue weighted by atomic mass is 9.91. The Balaban J connectivity index is 2.14.